The minimum absolute atomic E-state index is 0.154. The van der Waals surface area contributed by atoms with Gasteiger partial charge in [0, 0.05) is 18.4 Å². The largest absolute Gasteiger partial charge is 0.490 e. The van der Waals surface area contributed by atoms with Crippen LogP contribution in [0.4, 0.5) is 13.2 Å². The number of hydrogen-bond donors (Lipinski definition) is 3. The molecule has 0 amide bonds. The number of H-pyrrole nitrogens is 1. The van der Waals surface area contributed by atoms with Crippen LogP contribution in [0.2, 0.25) is 0 Å². The van der Waals surface area contributed by atoms with Crippen molar-refractivity contribution in [2.24, 2.45) is 5.73 Å². The molecule has 1 aromatic heterocycles. The van der Waals surface area contributed by atoms with E-state index in [1.54, 1.807) is 0 Å². The first-order valence-electron chi connectivity index (χ1n) is 10.6. The zero-order valence-corrected chi connectivity index (χ0v) is 18.2. The first-order chi connectivity index (χ1) is 15.6. The number of fused-ring (bicyclic) bond motifs is 1. The quantitative estimate of drug-likeness (QED) is 0.375. The lowest BCUT2D eigenvalue weighted by Crippen LogP contribution is -2.21. The number of carboxylic acids is 1. The number of aromatic nitrogens is 3. The number of carbonyl (C=O) groups excluding carboxylic acids is 1. The molecule has 1 unspecified atom stereocenters. The molecular formula is C23H27F3N4O3. The number of alkyl halides is 3. The van der Waals surface area contributed by atoms with Gasteiger partial charge >= 0.3 is 12.1 Å². The maximum atomic E-state index is 11.3. The zero-order valence-electron chi connectivity index (χ0n) is 18.2. The number of hydrogen-bond acceptors (Lipinski definition) is 5. The second-order valence-corrected chi connectivity index (χ2v) is 7.51. The van der Waals surface area contributed by atoms with Gasteiger partial charge in [0.05, 0.1) is 6.04 Å². The van der Waals surface area contributed by atoms with Crippen molar-refractivity contribution in [1.82, 2.24) is 15.2 Å². The Morgan fingerprint density at radius 2 is 1.76 bits per heavy atom. The molecule has 0 aliphatic heterocycles. The fraction of sp³-hybridized carbons (Fsp3) is 0.391. The third kappa shape index (κ3) is 8.30. The number of carboxylic acid groups (broad SMARTS) is 1. The van der Waals surface area contributed by atoms with Gasteiger partial charge in [-0.2, -0.15) is 18.3 Å². The van der Waals surface area contributed by atoms with Crippen LogP contribution in [0.5, 0.6) is 0 Å². The number of nitrogens with zero attached hydrogens (tertiary/aromatic N) is 2. The normalized spacial score (nSPS) is 12.2. The number of ketones is 1. The van der Waals surface area contributed by atoms with Crippen LogP contribution >= 0.6 is 0 Å². The van der Waals surface area contributed by atoms with Crippen molar-refractivity contribution in [2.45, 2.75) is 57.7 Å². The summed E-state index contributed by atoms with van der Waals surface area (Å²) in [6.07, 6.45) is 0.0232. The molecule has 0 saturated carbocycles. The molecule has 178 valence electrons. The Hall–Kier alpha value is -3.27. The number of rotatable bonds is 9. The number of nitrogens with two attached hydrogens (primary N) is 1. The Morgan fingerprint density at radius 3 is 2.39 bits per heavy atom. The molecule has 0 fully saturated rings. The van der Waals surface area contributed by atoms with Crippen LogP contribution in [0.15, 0.2) is 42.5 Å². The highest BCUT2D eigenvalue weighted by atomic mass is 19.4. The molecule has 0 saturated heterocycles. The predicted molar refractivity (Wildman–Crippen MR) is 118 cm³/mol. The molecule has 1 atom stereocenters. The van der Waals surface area contributed by atoms with E-state index in [2.05, 4.69) is 39.4 Å². The van der Waals surface area contributed by atoms with Gasteiger partial charge in [-0.25, -0.2) is 9.78 Å². The summed E-state index contributed by atoms with van der Waals surface area (Å²) < 4.78 is 31.7. The van der Waals surface area contributed by atoms with Crippen molar-refractivity contribution in [3.8, 4) is 11.4 Å². The summed E-state index contributed by atoms with van der Waals surface area (Å²) >= 11 is 0. The van der Waals surface area contributed by atoms with E-state index < -0.39 is 12.1 Å². The molecule has 0 radical (unpaired) electrons. The van der Waals surface area contributed by atoms with Gasteiger partial charge in [-0.3, -0.25) is 9.89 Å². The van der Waals surface area contributed by atoms with E-state index in [9.17, 15) is 18.0 Å². The zero-order chi connectivity index (χ0) is 24.4. The van der Waals surface area contributed by atoms with Gasteiger partial charge in [0.1, 0.15) is 11.6 Å². The Labute approximate surface area is 189 Å². The standard InChI is InChI=1S/C21H26N4O.C2HF3O2/c1-2-18(26)10-4-3-5-11-19(22)21-23-20(24-25-21)17-13-12-15-8-6-7-9-16(15)14-17;3-2(4,5)1(6)7/h6-9,12-14,19H,2-5,10-11,22H2,1H3,(H,23,24,25);(H,6,7). The average Bonchev–Trinajstić information content (AvgIpc) is 3.28. The molecule has 33 heavy (non-hydrogen) atoms. The maximum Gasteiger partial charge on any atom is 0.490 e. The second kappa shape index (κ2) is 12.1. The van der Waals surface area contributed by atoms with Gasteiger partial charge in [0.25, 0.3) is 0 Å². The van der Waals surface area contributed by atoms with Crippen LogP contribution in [0.3, 0.4) is 0 Å². The molecule has 0 spiro atoms. The number of Topliss-reactive ketones (excluding diaryl/α,β-unsaturated/α-hetero) is 1. The SMILES string of the molecule is CCC(=O)CCCCCC(N)c1nc(-c2ccc3ccccc3c2)n[nH]1.O=C(O)C(F)(F)F. The summed E-state index contributed by atoms with van der Waals surface area (Å²) in [5, 5.41) is 16.8. The highest BCUT2D eigenvalue weighted by Crippen LogP contribution is 2.23. The van der Waals surface area contributed by atoms with Gasteiger partial charge in [-0.1, -0.05) is 56.2 Å². The minimum atomic E-state index is -5.08. The second-order valence-electron chi connectivity index (χ2n) is 7.51. The Morgan fingerprint density at radius 1 is 1.09 bits per heavy atom. The van der Waals surface area contributed by atoms with Crippen LogP contribution in [0.25, 0.3) is 22.2 Å². The number of aromatic amines is 1. The molecule has 7 nitrogen and oxygen atoms in total. The Kier molecular flexibility index (Phi) is 9.53. The first kappa shape index (κ1) is 26.0. The van der Waals surface area contributed by atoms with Gasteiger partial charge in [0.2, 0.25) is 0 Å². The Bertz CT molecular complexity index is 1070. The number of nitrogens with one attached hydrogen (secondary N) is 1. The number of benzene rings is 2. The number of aliphatic carboxylic acids is 1. The highest BCUT2D eigenvalue weighted by molar-refractivity contribution is 5.86. The van der Waals surface area contributed by atoms with Crippen LogP contribution in [-0.4, -0.2) is 38.2 Å². The number of unbranched alkanes of at least 4 members (excludes halogenated alkanes) is 2. The maximum absolute atomic E-state index is 11.3. The van der Waals surface area contributed by atoms with Crippen molar-refractivity contribution in [3.05, 3.63) is 48.3 Å². The van der Waals surface area contributed by atoms with Gasteiger partial charge in [-0.05, 0) is 29.7 Å². The molecule has 10 heteroatoms. The summed E-state index contributed by atoms with van der Waals surface area (Å²) in [6, 6.07) is 14.3. The Balaban J connectivity index is 0.000000479. The lowest BCUT2D eigenvalue weighted by Gasteiger charge is -2.07. The molecule has 0 aliphatic carbocycles. The molecule has 1 heterocycles. The lowest BCUT2D eigenvalue weighted by molar-refractivity contribution is -0.192. The molecule has 4 N–H and O–H groups in total. The average molecular weight is 464 g/mol. The van der Waals surface area contributed by atoms with Crippen molar-refractivity contribution in [3.63, 3.8) is 0 Å². The molecule has 3 aromatic rings. The van der Waals surface area contributed by atoms with Gasteiger partial charge in [0.15, 0.2) is 5.82 Å². The van der Waals surface area contributed by atoms with E-state index >= 15 is 0 Å². The van der Waals surface area contributed by atoms with Crippen LogP contribution < -0.4 is 5.73 Å². The number of carbonyl (C=O) groups is 2. The summed E-state index contributed by atoms with van der Waals surface area (Å²) in [6.45, 7) is 1.91. The number of halogens is 3. The summed E-state index contributed by atoms with van der Waals surface area (Å²) in [5.74, 6) is -1.02. The van der Waals surface area contributed by atoms with E-state index in [1.807, 2.05) is 25.1 Å². The van der Waals surface area contributed by atoms with Gasteiger partial charge in [-0.15, -0.1) is 0 Å². The summed E-state index contributed by atoms with van der Waals surface area (Å²) in [7, 11) is 0. The van der Waals surface area contributed by atoms with Crippen LogP contribution in [-0.2, 0) is 9.59 Å². The smallest absolute Gasteiger partial charge is 0.475 e. The molecule has 0 aliphatic rings. The molecular weight excluding hydrogens is 437 g/mol. The third-order valence-electron chi connectivity index (χ3n) is 4.97. The highest BCUT2D eigenvalue weighted by Gasteiger charge is 2.38. The topological polar surface area (TPSA) is 122 Å². The fourth-order valence-electron chi connectivity index (χ4n) is 3.07. The molecule has 2 aromatic carbocycles. The van der Waals surface area contributed by atoms with Crippen LogP contribution in [0, 0.1) is 0 Å². The third-order valence-corrected chi connectivity index (χ3v) is 4.97. The van der Waals surface area contributed by atoms with Crippen molar-refractivity contribution >= 4 is 22.5 Å². The minimum Gasteiger partial charge on any atom is -0.475 e. The molecule has 3 rings (SSSR count). The van der Waals surface area contributed by atoms with E-state index in [1.165, 1.54) is 10.8 Å². The van der Waals surface area contributed by atoms with Crippen molar-refractivity contribution < 1.29 is 27.9 Å². The summed E-state index contributed by atoms with van der Waals surface area (Å²) in [5.41, 5.74) is 7.23. The van der Waals surface area contributed by atoms with E-state index in [0.29, 0.717) is 24.4 Å². The summed E-state index contributed by atoms with van der Waals surface area (Å²) in [4.78, 5) is 24.8. The predicted octanol–water partition coefficient (Wildman–Crippen LogP) is 5.19. The lowest BCUT2D eigenvalue weighted by atomic mass is 10.1. The van der Waals surface area contributed by atoms with Crippen molar-refractivity contribution in [1.29, 1.82) is 0 Å². The van der Waals surface area contributed by atoms with Crippen molar-refractivity contribution in [2.75, 3.05) is 0 Å². The van der Waals surface area contributed by atoms with Gasteiger partial charge < -0.3 is 10.8 Å². The monoisotopic (exact) mass is 464 g/mol. The van der Waals surface area contributed by atoms with E-state index in [4.69, 9.17) is 15.6 Å². The fourth-order valence-corrected chi connectivity index (χ4v) is 3.07. The van der Waals surface area contributed by atoms with E-state index in [-0.39, 0.29) is 6.04 Å². The van der Waals surface area contributed by atoms with E-state index in [0.717, 1.165) is 37.1 Å². The first-order valence-corrected chi connectivity index (χ1v) is 10.6. The van der Waals surface area contributed by atoms with Crippen LogP contribution in [0.1, 0.15) is 57.3 Å². The molecule has 0 bridgehead atoms.